The number of nitrogens with zero attached hydrogens (tertiary/aromatic N) is 2. The summed E-state index contributed by atoms with van der Waals surface area (Å²) in [6.07, 6.45) is 0.357. The van der Waals surface area contributed by atoms with E-state index in [2.05, 4.69) is 17.2 Å². The Morgan fingerprint density at radius 1 is 1.42 bits per heavy atom. The van der Waals surface area contributed by atoms with E-state index in [4.69, 9.17) is 0 Å². The minimum absolute atomic E-state index is 0.295. The zero-order chi connectivity index (χ0) is 13.2. The molecule has 1 aromatic heterocycles. The molecule has 1 fully saturated rings. The summed E-state index contributed by atoms with van der Waals surface area (Å²) in [7, 11) is 1.96. The van der Waals surface area contributed by atoms with Gasteiger partial charge in [-0.05, 0) is 6.07 Å². The fourth-order valence-corrected chi connectivity index (χ4v) is 5.27. The minimum Gasteiger partial charge on any atom is -0.392 e. The molecule has 0 amide bonds. The molecule has 2 heterocycles. The molecule has 19 heavy (non-hydrogen) atoms. The summed E-state index contributed by atoms with van der Waals surface area (Å²) in [5, 5.41) is 16.5. The maximum absolute atomic E-state index is 10.4. The standard InChI is InChI=1S/C14H18N2OS2/c1-16-12-5-3-2-4-10(12)11(15-16)8-13(17)14-9-18-6-7-19-14/h2-5,13-14,17H,6-9H2,1H3. The topological polar surface area (TPSA) is 38.0 Å². The quantitative estimate of drug-likeness (QED) is 0.943. The van der Waals surface area contributed by atoms with Gasteiger partial charge in [0.15, 0.2) is 0 Å². The van der Waals surface area contributed by atoms with Gasteiger partial charge in [0, 0.05) is 41.4 Å². The van der Waals surface area contributed by atoms with Gasteiger partial charge in [-0.2, -0.15) is 28.6 Å². The predicted octanol–water partition coefficient (Wildman–Crippen LogP) is 2.33. The van der Waals surface area contributed by atoms with Gasteiger partial charge in [-0.15, -0.1) is 0 Å². The number of fused-ring (bicyclic) bond motifs is 1. The van der Waals surface area contributed by atoms with Gasteiger partial charge in [0.1, 0.15) is 0 Å². The highest BCUT2D eigenvalue weighted by molar-refractivity contribution is 8.06. The van der Waals surface area contributed by atoms with Crippen LogP contribution >= 0.6 is 23.5 Å². The van der Waals surface area contributed by atoms with Crippen molar-refractivity contribution >= 4 is 34.4 Å². The second kappa shape index (κ2) is 5.77. The van der Waals surface area contributed by atoms with Gasteiger partial charge in [-0.3, -0.25) is 4.68 Å². The van der Waals surface area contributed by atoms with E-state index in [1.165, 1.54) is 5.75 Å². The molecule has 0 radical (unpaired) electrons. The second-order valence-electron chi connectivity index (χ2n) is 4.84. The molecular formula is C14H18N2OS2. The highest BCUT2D eigenvalue weighted by Crippen LogP contribution is 2.28. The molecule has 102 valence electrons. The Balaban J connectivity index is 1.81. The zero-order valence-electron chi connectivity index (χ0n) is 11.0. The second-order valence-corrected chi connectivity index (χ2v) is 7.34. The first-order valence-electron chi connectivity index (χ1n) is 6.54. The Hall–Kier alpha value is -0.650. The van der Waals surface area contributed by atoms with Crippen molar-refractivity contribution in [1.29, 1.82) is 0 Å². The van der Waals surface area contributed by atoms with E-state index in [1.54, 1.807) is 0 Å². The number of benzene rings is 1. The maximum atomic E-state index is 10.4. The van der Waals surface area contributed by atoms with Crippen LogP contribution < -0.4 is 0 Å². The molecule has 1 saturated heterocycles. The van der Waals surface area contributed by atoms with Crippen LogP contribution in [0, 0.1) is 0 Å². The van der Waals surface area contributed by atoms with Crippen molar-refractivity contribution in [2.24, 2.45) is 7.05 Å². The highest BCUT2D eigenvalue weighted by Gasteiger charge is 2.24. The third-order valence-electron chi connectivity index (χ3n) is 3.51. The summed E-state index contributed by atoms with van der Waals surface area (Å²) in [6.45, 7) is 0. The van der Waals surface area contributed by atoms with Gasteiger partial charge in [-0.25, -0.2) is 0 Å². The van der Waals surface area contributed by atoms with Crippen molar-refractivity contribution in [2.45, 2.75) is 17.8 Å². The van der Waals surface area contributed by atoms with Crippen LogP contribution in [-0.2, 0) is 13.5 Å². The number of aliphatic hydroxyl groups excluding tert-OH is 1. The molecule has 3 nitrogen and oxygen atoms in total. The molecule has 0 spiro atoms. The first-order chi connectivity index (χ1) is 9.25. The normalized spacial score (nSPS) is 21.7. The van der Waals surface area contributed by atoms with Crippen molar-refractivity contribution in [3.05, 3.63) is 30.0 Å². The Kier molecular flexibility index (Phi) is 4.05. The monoisotopic (exact) mass is 294 g/mol. The fourth-order valence-electron chi connectivity index (χ4n) is 2.50. The molecule has 1 aromatic carbocycles. The molecule has 0 bridgehead atoms. The number of hydrogen-bond donors (Lipinski definition) is 1. The average molecular weight is 294 g/mol. The summed E-state index contributed by atoms with van der Waals surface area (Å²) >= 11 is 3.84. The van der Waals surface area contributed by atoms with Crippen molar-refractivity contribution in [3.8, 4) is 0 Å². The Bertz CT molecular complexity index is 564. The molecule has 2 aromatic rings. The minimum atomic E-state index is -0.295. The first-order valence-corrected chi connectivity index (χ1v) is 8.74. The van der Waals surface area contributed by atoms with Gasteiger partial charge in [0.25, 0.3) is 0 Å². The van der Waals surface area contributed by atoms with Crippen LogP contribution in [0.2, 0.25) is 0 Å². The van der Waals surface area contributed by atoms with Gasteiger partial charge in [0.2, 0.25) is 0 Å². The Morgan fingerprint density at radius 2 is 2.26 bits per heavy atom. The average Bonchev–Trinajstić information content (AvgIpc) is 2.77. The van der Waals surface area contributed by atoms with E-state index >= 15 is 0 Å². The fraction of sp³-hybridized carbons (Fsp3) is 0.500. The number of para-hydroxylation sites is 1. The zero-order valence-corrected chi connectivity index (χ0v) is 12.6. The number of thioether (sulfide) groups is 2. The van der Waals surface area contributed by atoms with Crippen LogP contribution in [0.25, 0.3) is 10.9 Å². The van der Waals surface area contributed by atoms with Gasteiger partial charge in [-0.1, -0.05) is 18.2 Å². The molecule has 1 N–H and O–H groups in total. The lowest BCUT2D eigenvalue weighted by atomic mass is 10.1. The van der Waals surface area contributed by atoms with E-state index in [-0.39, 0.29) is 6.10 Å². The van der Waals surface area contributed by atoms with Crippen LogP contribution in [0.4, 0.5) is 0 Å². The van der Waals surface area contributed by atoms with Gasteiger partial charge in [0.05, 0.1) is 17.3 Å². The van der Waals surface area contributed by atoms with E-state index in [1.807, 2.05) is 47.4 Å². The molecule has 1 aliphatic rings. The molecule has 2 atom stereocenters. The SMILES string of the molecule is Cn1nc(CC(O)C2CSCCS2)c2ccccc21. The molecular weight excluding hydrogens is 276 g/mol. The lowest BCUT2D eigenvalue weighted by Crippen LogP contribution is -2.30. The lowest BCUT2D eigenvalue weighted by molar-refractivity contribution is 0.176. The van der Waals surface area contributed by atoms with Crippen molar-refractivity contribution in [1.82, 2.24) is 9.78 Å². The molecule has 0 saturated carbocycles. The number of hydrogen-bond acceptors (Lipinski definition) is 4. The number of aromatic nitrogens is 2. The number of rotatable bonds is 3. The van der Waals surface area contributed by atoms with Gasteiger partial charge < -0.3 is 5.11 Å². The summed E-state index contributed by atoms with van der Waals surface area (Å²) in [6, 6.07) is 8.22. The molecule has 1 aliphatic heterocycles. The summed E-state index contributed by atoms with van der Waals surface area (Å²) in [4.78, 5) is 0. The summed E-state index contributed by atoms with van der Waals surface area (Å²) < 4.78 is 1.90. The van der Waals surface area contributed by atoms with Gasteiger partial charge >= 0.3 is 0 Å². The van der Waals surface area contributed by atoms with Crippen LogP contribution in [-0.4, -0.2) is 43.5 Å². The van der Waals surface area contributed by atoms with E-state index < -0.39 is 0 Å². The lowest BCUT2D eigenvalue weighted by Gasteiger charge is -2.25. The predicted molar refractivity (Wildman–Crippen MR) is 84.0 cm³/mol. The summed E-state index contributed by atoms with van der Waals surface area (Å²) in [5.41, 5.74) is 2.15. The van der Waals surface area contributed by atoms with Crippen LogP contribution in [0.3, 0.4) is 0 Å². The largest absolute Gasteiger partial charge is 0.392 e. The molecule has 5 heteroatoms. The Morgan fingerprint density at radius 3 is 3.05 bits per heavy atom. The number of aliphatic hydroxyl groups is 1. The summed E-state index contributed by atoms with van der Waals surface area (Å²) in [5.74, 6) is 3.41. The maximum Gasteiger partial charge on any atom is 0.0729 e. The van der Waals surface area contributed by atoms with Crippen LogP contribution in [0.15, 0.2) is 24.3 Å². The Labute approximate surface area is 121 Å². The number of aryl methyl sites for hydroxylation is 1. The molecule has 2 unspecified atom stereocenters. The smallest absolute Gasteiger partial charge is 0.0729 e. The molecule has 3 rings (SSSR count). The van der Waals surface area contributed by atoms with Crippen LogP contribution in [0.5, 0.6) is 0 Å². The first kappa shape index (κ1) is 13.3. The van der Waals surface area contributed by atoms with Crippen molar-refractivity contribution in [2.75, 3.05) is 17.3 Å². The molecule has 0 aliphatic carbocycles. The third-order valence-corrected chi connectivity index (χ3v) is 6.41. The highest BCUT2D eigenvalue weighted by atomic mass is 32.2. The van der Waals surface area contributed by atoms with Crippen molar-refractivity contribution in [3.63, 3.8) is 0 Å². The van der Waals surface area contributed by atoms with E-state index in [0.717, 1.165) is 28.1 Å². The van der Waals surface area contributed by atoms with E-state index in [9.17, 15) is 5.11 Å². The van der Waals surface area contributed by atoms with E-state index in [0.29, 0.717) is 11.7 Å². The van der Waals surface area contributed by atoms with Crippen molar-refractivity contribution < 1.29 is 5.11 Å². The van der Waals surface area contributed by atoms with Crippen LogP contribution in [0.1, 0.15) is 5.69 Å². The third kappa shape index (κ3) is 2.78.